The van der Waals surface area contributed by atoms with Gasteiger partial charge >= 0.3 is 0 Å². The normalized spacial score (nSPS) is 9.86. The Labute approximate surface area is 171 Å². The van der Waals surface area contributed by atoms with Gasteiger partial charge in [0.15, 0.2) is 12.4 Å². The van der Waals surface area contributed by atoms with E-state index in [2.05, 4.69) is 5.32 Å². The molecule has 28 heavy (non-hydrogen) atoms. The first-order chi connectivity index (χ1) is 13.0. The van der Waals surface area contributed by atoms with Gasteiger partial charge in [-0.05, 0) is 30.3 Å². The largest absolute Gasteiger partial charge is 1.00 e. The van der Waals surface area contributed by atoms with Gasteiger partial charge < -0.3 is 22.3 Å². The number of aromatic nitrogens is 1. The number of para-hydroxylation sites is 1. The molecule has 8 heteroatoms. The van der Waals surface area contributed by atoms with Crippen LogP contribution in [0.3, 0.4) is 0 Å². The van der Waals surface area contributed by atoms with Crippen molar-refractivity contribution in [3.05, 3.63) is 100 Å². The maximum Gasteiger partial charge on any atom is 0.269 e. The summed E-state index contributed by atoms with van der Waals surface area (Å²) in [5, 5.41) is 13.5. The Morgan fingerprint density at radius 2 is 1.61 bits per heavy atom. The van der Waals surface area contributed by atoms with Gasteiger partial charge in [-0.25, -0.2) is 0 Å². The molecule has 0 atom stereocenters. The van der Waals surface area contributed by atoms with E-state index >= 15 is 0 Å². The van der Waals surface area contributed by atoms with Gasteiger partial charge in [0.2, 0.25) is 12.3 Å². The van der Waals surface area contributed by atoms with Gasteiger partial charge in [0.05, 0.1) is 4.92 Å². The second-order valence-electron chi connectivity index (χ2n) is 5.81. The SMILES string of the molecule is O=C(C[n+]1cccc(C(=O)Nc2ccccc2)c1)c1ccc([N+](=O)[O-])cc1.[Br-]. The summed E-state index contributed by atoms with van der Waals surface area (Å²) in [5.74, 6) is -0.492. The number of Topliss-reactive ketones (excluding diaryl/α,β-unsaturated/α-hetero) is 1. The number of amides is 1. The third-order valence-corrected chi connectivity index (χ3v) is 3.88. The Bertz CT molecular complexity index is 992. The Hall–Kier alpha value is -3.39. The fourth-order valence-corrected chi connectivity index (χ4v) is 2.51. The van der Waals surface area contributed by atoms with Crippen LogP contribution in [0.5, 0.6) is 0 Å². The minimum absolute atomic E-state index is 0. The molecule has 3 aromatic rings. The number of halogens is 1. The summed E-state index contributed by atoms with van der Waals surface area (Å²) in [6.07, 6.45) is 3.27. The molecule has 0 saturated heterocycles. The molecule has 0 aliphatic rings. The number of carbonyl (C=O) groups excluding carboxylic acids is 2. The number of hydrogen-bond acceptors (Lipinski definition) is 4. The van der Waals surface area contributed by atoms with Crippen molar-refractivity contribution < 1.29 is 36.1 Å². The molecule has 0 fully saturated rings. The first-order valence-electron chi connectivity index (χ1n) is 8.16. The van der Waals surface area contributed by atoms with Gasteiger partial charge in [-0.1, -0.05) is 18.2 Å². The lowest BCUT2D eigenvalue weighted by atomic mass is 10.1. The van der Waals surface area contributed by atoms with Crippen LogP contribution in [0.25, 0.3) is 0 Å². The molecule has 1 heterocycles. The van der Waals surface area contributed by atoms with E-state index in [1.165, 1.54) is 24.3 Å². The van der Waals surface area contributed by atoms with Crippen molar-refractivity contribution in [3.8, 4) is 0 Å². The molecule has 0 spiro atoms. The van der Waals surface area contributed by atoms with Gasteiger partial charge in [0, 0.05) is 29.4 Å². The predicted molar refractivity (Wildman–Crippen MR) is 98.5 cm³/mol. The van der Waals surface area contributed by atoms with Crippen molar-refractivity contribution in [1.29, 1.82) is 0 Å². The fourth-order valence-electron chi connectivity index (χ4n) is 2.51. The van der Waals surface area contributed by atoms with Crippen LogP contribution in [0.1, 0.15) is 20.7 Å². The molecule has 0 aliphatic heterocycles. The summed E-state index contributed by atoms with van der Waals surface area (Å²) >= 11 is 0. The van der Waals surface area contributed by atoms with Crippen molar-refractivity contribution in [3.63, 3.8) is 0 Å². The standard InChI is InChI=1S/C20H15N3O4.BrH/c24-19(15-8-10-18(11-9-15)23(26)27)14-22-12-4-5-16(13-22)20(25)21-17-6-2-1-3-7-17;/h1-13H,14H2;1H. The number of benzene rings is 2. The van der Waals surface area contributed by atoms with Crippen molar-refractivity contribution >= 4 is 23.1 Å². The van der Waals surface area contributed by atoms with E-state index in [0.717, 1.165) is 0 Å². The van der Waals surface area contributed by atoms with Crippen LogP contribution < -0.4 is 26.9 Å². The van der Waals surface area contributed by atoms with Gasteiger partial charge in [-0.2, -0.15) is 4.57 Å². The monoisotopic (exact) mass is 441 g/mol. The molecule has 0 aliphatic carbocycles. The predicted octanol–water partition coefficient (Wildman–Crippen LogP) is 0.0215. The van der Waals surface area contributed by atoms with Gasteiger partial charge in [-0.15, -0.1) is 0 Å². The van der Waals surface area contributed by atoms with E-state index in [9.17, 15) is 19.7 Å². The molecule has 3 rings (SSSR count). The first kappa shape index (κ1) is 20.9. The maximum absolute atomic E-state index is 12.4. The number of carbonyl (C=O) groups is 2. The zero-order valence-electron chi connectivity index (χ0n) is 14.6. The van der Waals surface area contributed by atoms with E-state index < -0.39 is 4.92 Å². The van der Waals surface area contributed by atoms with Crippen LogP contribution in [-0.4, -0.2) is 16.6 Å². The van der Waals surface area contributed by atoms with Gasteiger partial charge in [-0.3, -0.25) is 19.7 Å². The summed E-state index contributed by atoms with van der Waals surface area (Å²) in [4.78, 5) is 34.9. The van der Waals surface area contributed by atoms with Crippen LogP contribution in [-0.2, 0) is 6.54 Å². The number of anilines is 1. The van der Waals surface area contributed by atoms with E-state index in [0.29, 0.717) is 16.8 Å². The van der Waals surface area contributed by atoms with Gasteiger partial charge in [0.25, 0.3) is 11.6 Å². The third kappa shape index (κ3) is 5.31. The maximum atomic E-state index is 12.4. The fraction of sp³-hybridized carbons (Fsp3) is 0.0500. The van der Waals surface area contributed by atoms with Crippen LogP contribution in [0.4, 0.5) is 11.4 Å². The smallest absolute Gasteiger partial charge is 0.269 e. The molecule has 0 bridgehead atoms. The molecule has 0 radical (unpaired) electrons. The molecular formula is C20H16BrN3O4. The lowest BCUT2D eigenvalue weighted by Crippen LogP contribution is -3.00. The minimum atomic E-state index is -0.516. The number of non-ortho nitro benzene ring substituents is 1. The highest BCUT2D eigenvalue weighted by Crippen LogP contribution is 2.12. The second kappa shape index (κ2) is 9.52. The molecule has 1 aromatic heterocycles. The van der Waals surface area contributed by atoms with Crippen LogP contribution in [0, 0.1) is 10.1 Å². The lowest BCUT2D eigenvalue weighted by Gasteiger charge is -2.04. The number of rotatable bonds is 6. The number of ketones is 1. The second-order valence-corrected chi connectivity index (χ2v) is 5.81. The highest BCUT2D eigenvalue weighted by molar-refractivity contribution is 6.03. The summed E-state index contributed by atoms with van der Waals surface area (Å²) in [5.41, 5.74) is 1.39. The van der Waals surface area contributed by atoms with Crippen molar-refractivity contribution in [2.24, 2.45) is 0 Å². The zero-order valence-corrected chi connectivity index (χ0v) is 16.2. The molecule has 7 nitrogen and oxygen atoms in total. The Morgan fingerprint density at radius 1 is 0.929 bits per heavy atom. The lowest BCUT2D eigenvalue weighted by molar-refractivity contribution is -0.683. The summed E-state index contributed by atoms with van der Waals surface area (Å²) in [6, 6.07) is 17.8. The average Bonchev–Trinajstić information content (AvgIpc) is 2.69. The number of nitrogens with one attached hydrogen (secondary N) is 1. The van der Waals surface area contributed by atoms with Crippen molar-refractivity contribution in [1.82, 2.24) is 0 Å². The molecule has 0 unspecified atom stereocenters. The topological polar surface area (TPSA) is 93.2 Å². The van der Waals surface area contributed by atoms with E-state index in [1.807, 2.05) is 18.2 Å². The molecule has 1 amide bonds. The molecule has 1 N–H and O–H groups in total. The van der Waals surface area contributed by atoms with Gasteiger partial charge in [0.1, 0.15) is 5.56 Å². The third-order valence-electron chi connectivity index (χ3n) is 3.88. The number of pyridine rings is 1. The van der Waals surface area contributed by atoms with E-state index in [4.69, 9.17) is 0 Å². The number of nitrogens with zero attached hydrogens (tertiary/aromatic N) is 2. The number of nitro benzene ring substituents is 1. The molecule has 2 aromatic carbocycles. The van der Waals surface area contributed by atoms with E-state index in [-0.39, 0.29) is 40.9 Å². The Kier molecular flexibility index (Phi) is 7.11. The number of nitro groups is 1. The first-order valence-corrected chi connectivity index (χ1v) is 8.16. The minimum Gasteiger partial charge on any atom is -1.00 e. The summed E-state index contributed by atoms with van der Waals surface area (Å²) in [6.45, 7) is 0.0181. The zero-order chi connectivity index (χ0) is 19.2. The molecular weight excluding hydrogens is 426 g/mol. The molecule has 142 valence electrons. The quantitative estimate of drug-likeness (QED) is 0.252. The van der Waals surface area contributed by atoms with Crippen molar-refractivity contribution in [2.45, 2.75) is 6.54 Å². The van der Waals surface area contributed by atoms with E-state index in [1.54, 1.807) is 41.2 Å². The van der Waals surface area contributed by atoms with Crippen LogP contribution in [0.2, 0.25) is 0 Å². The average molecular weight is 442 g/mol. The number of hydrogen-bond donors (Lipinski definition) is 1. The van der Waals surface area contributed by atoms with Crippen LogP contribution >= 0.6 is 0 Å². The summed E-state index contributed by atoms with van der Waals surface area (Å²) < 4.78 is 1.60. The Morgan fingerprint density at radius 3 is 2.25 bits per heavy atom. The van der Waals surface area contributed by atoms with Crippen molar-refractivity contribution in [2.75, 3.05) is 5.32 Å². The Balaban J connectivity index is 0.00000280. The molecule has 0 saturated carbocycles. The summed E-state index contributed by atoms with van der Waals surface area (Å²) in [7, 11) is 0. The van der Waals surface area contributed by atoms with Crippen LogP contribution in [0.15, 0.2) is 79.1 Å². The highest BCUT2D eigenvalue weighted by atomic mass is 79.9. The highest BCUT2D eigenvalue weighted by Gasteiger charge is 2.16.